The van der Waals surface area contributed by atoms with E-state index in [1.54, 1.807) is 0 Å². The predicted molar refractivity (Wildman–Crippen MR) is 171 cm³/mol. The number of carbonyl (C=O) groups is 2. The van der Waals surface area contributed by atoms with Crippen LogP contribution in [0.2, 0.25) is 10.0 Å². The van der Waals surface area contributed by atoms with Gasteiger partial charge in [0, 0.05) is 75.4 Å². The number of nitrogens with zero attached hydrogens (tertiary/aromatic N) is 4. The molecule has 3 aromatic rings. The van der Waals surface area contributed by atoms with Crippen molar-refractivity contribution in [1.29, 1.82) is 0 Å². The van der Waals surface area contributed by atoms with E-state index in [9.17, 15) is 9.59 Å². The van der Waals surface area contributed by atoms with Crippen molar-refractivity contribution in [3.63, 3.8) is 0 Å². The fraction of sp³-hybridized carbons (Fsp3) is 0.412. The molecule has 222 valence electrons. The molecule has 3 aromatic carbocycles. The molecule has 2 aliphatic rings. The molecule has 2 amide bonds. The van der Waals surface area contributed by atoms with Crippen LogP contribution in [0.5, 0.6) is 0 Å². The number of likely N-dealkylation sites (tertiary alicyclic amines) is 1. The number of carbonyl (C=O) groups excluding carboxylic acids is 2. The van der Waals surface area contributed by atoms with Gasteiger partial charge < -0.3 is 9.80 Å². The zero-order chi connectivity index (χ0) is 29.5. The number of hydrogen-bond acceptors (Lipinski definition) is 4. The van der Waals surface area contributed by atoms with Crippen LogP contribution in [0.15, 0.2) is 72.8 Å². The van der Waals surface area contributed by atoms with E-state index in [0.29, 0.717) is 31.1 Å². The Balaban J connectivity index is 1.36. The first kappa shape index (κ1) is 30.6. The van der Waals surface area contributed by atoms with Crippen LogP contribution < -0.4 is 4.90 Å². The number of fused-ring (bicyclic) bond motifs is 1. The highest BCUT2D eigenvalue weighted by molar-refractivity contribution is 6.31. The van der Waals surface area contributed by atoms with Crippen LogP contribution in [-0.4, -0.2) is 65.8 Å². The molecule has 0 aliphatic carbocycles. The third-order valence-electron chi connectivity index (χ3n) is 8.19. The summed E-state index contributed by atoms with van der Waals surface area (Å²) in [4.78, 5) is 36.0. The van der Waals surface area contributed by atoms with Crippen LogP contribution in [0.4, 0.5) is 5.69 Å². The van der Waals surface area contributed by atoms with Gasteiger partial charge in [-0.15, -0.1) is 0 Å². The van der Waals surface area contributed by atoms with E-state index in [1.807, 2.05) is 65.3 Å². The maximum Gasteiger partial charge on any atom is 0.228 e. The van der Waals surface area contributed by atoms with Gasteiger partial charge in [-0.25, -0.2) is 0 Å². The van der Waals surface area contributed by atoms with E-state index < -0.39 is 0 Å². The van der Waals surface area contributed by atoms with Crippen molar-refractivity contribution in [2.75, 3.05) is 44.2 Å². The van der Waals surface area contributed by atoms with Gasteiger partial charge in [0.25, 0.3) is 0 Å². The molecule has 0 N–H and O–H groups in total. The second-order valence-corrected chi connectivity index (χ2v) is 12.3. The van der Waals surface area contributed by atoms with Crippen LogP contribution in [0.25, 0.3) is 0 Å². The number of amides is 2. The number of hydrogen-bond donors (Lipinski definition) is 0. The van der Waals surface area contributed by atoms with Crippen LogP contribution in [0.3, 0.4) is 0 Å². The standard InChI is InChI=1S/C34H40Cl2N4O2/c1-2-7-33(41)40-17-6-16-37(21-26-8-4-3-5-9-26)18-19-39(25-28-12-15-31(36)20-32(28)40)34(42)29-23-38(24-29)22-27-10-13-30(35)14-11-27/h3-5,8-15,20,29H,2,6-7,16-19,21-25H2,1H3. The van der Waals surface area contributed by atoms with Crippen LogP contribution in [0.1, 0.15) is 42.9 Å². The molecule has 0 aromatic heterocycles. The lowest BCUT2D eigenvalue weighted by Gasteiger charge is -2.41. The molecule has 0 saturated carbocycles. The fourth-order valence-electron chi connectivity index (χ4n) is 5.91. The average molecular weight is 608 g/mol. The second kappa shape index (κ2) is 14.5. The van der Waals surface area contributed by atoms with Gasteiger partial charge in [0.1, 0.15) is 0 Å². The number of benzene rings is 3. The monoisotopic (exact) mass is 606 g/mol. The van der Waals surface area contributed by atoms with Crippen LogP contribution in [0, 0.1) is 5.92 Å². The minimum absolute atomic E-state index is 0.0430. The van der Waals surface area contributed by atoms with E-state index in [0.717, 1.165) is 68.4 Å². The predicted octanol–water partition coefficient (Wildman–Crippen LogP) is 6.49. The highest BCUT2D eigenvalue weighted by Gasteiger charge is 2.36. The van der Waals surface area contributed by atoms with Gasteiger partial charge in [-0.2, -0.15) is 0 Å². The lowest BCUT2D eigenvalue weighted by Crippen LogP contribution is -2.54. The summed E-state index contributed by atoms with van der Waals surface area (Å²) in [6.45, 7) is 8.42. The summed E-state index contributed by atoms with van der Waals surface area (Å²) in [7, 11) is 0. The summed E-state index contributed by atoms with van der Waals surface area (Å²) in [6, 6.07) is 24.1. The molecule has 0 bridgehead atoms. The zero-order valence-electron chi connectivity index (χ0n) is 24.4. The molecule has 1 saturated heterocycles. The van der Waals surface area contributed by atoms with Gasteiger partial charge in [-0.05, 0) is 53.8 Å². The molecule has 2 aliphatic heterocycles. The third kappa shape index (κ3) is 7.93. The minimum Gasteiger partial charge on any atom is -0.337 e. The number of rotatable bonds is 7. The number of anilines is 1. The average Bonchev–Trinajstić information content (AvgIpc) is 2.99. The Bertz CT molecular complexity index is 1350. The van der Waals surface area contributed by atoms with E-state index in [4.69, 9.17) is 23.2 Å². The quantitative estimate of drug-likeness (QED) is 0.308. The number of halogens is 2. The van der Waals surface area contributed by atoms with Gasteiger partial charge in [0.15, 0.2) is 0 Å². The zero-order valence-corrected chi connectivity index (χ0v) is 25.9. The van der Waals surface area contributed by atoms with Crippen molar-refractivity contribution in [2.45, 2.75) is 45.8 Å². The van der Waals surface area contributed by atoms with Crippen molar-refractivity contribution < 1.29 is 9.59 Å². The van der Waals surface area contributed by atoms with Gasteiger partial charge in [0.2, 0.25) is 11.8 Å². The summed E-state index contributed by atoms with van der Waals surface area (Å²) < 4.78 is 0. The Kier molecular flexibility index (Phi) is 10.6. The lowest BCUT2D eigenvalue weighted by atomic mass is 9.97. The first-order chi connectivity index (χ1) is 20.4. The Hall–Kier alpha value is -2.90. The molecule has 6 nitrogen and oxygen atoms in total. The molecule has 0 spiro atoms. The van der Waals surface area contributed by atoms with Crippen molar-refractivity contribution >= 4 is 40.7 Å². The smallest absolute Gasteiger partial charge is 0.228 e. The van der Waals surface area contributed by atoms with Gasteiger partial charge >= 0.3 is 0 Å². The van der Waals surface area contributed by atoms with E-state index in [2.05, 4.69) is 34.1 Å². The fourth-order valence-corrected chi connectivity index (χ4v) is 6.20. The Labute approximate surface area is 259 Å². The Morgan fingerprint density at radius 3 is 2.21 bits per heavy atom. The van der Waals surface area contributed by atoms with Crippen molar-refractivity contribution in [1.82, 2.24) is 14.7 Å². The van der Waals surface area contributed by atoms with Gasteiger partial charge in [-0.3, -0.25) is 19.4 Å². The molecule has 42 heavy (non-hydrogen) atoms. The molecular formula is C34H40Cl2N4O2. The highest BCUT2D eigenvalue weighted by atomic mass is 35.5. The highest BCUT2D eigenvalue weighted by Crippen LogP contribution is 2.30. The molecule has 0 radical (unpaired) electrons. The summed E-state index contributed by atoms with van der Waals surface area (Å²) in [5.41, 5.74) is 4.23. The van der Waals surface area contributed by atoms with E-state index >= 15 is 0 Å². The first-order valence-corrected chi connectivity index (χ1v) is 15.8. The molecule has 0 atom stereocenters. The summed E-state index contributed by atoms with van der Waals surface area (Å²) in [5.74, 6) is 0.233. The lowest BCUT2D eigenvalue weighted by molar-refractivity contribution is -0.142. The summed E-state index contributed by atoms with van der Waals surface area (Å²) in [6.07, 6.45) is 2.10. The second-order valence-electron chi connectivity index (χ2n) is 11.5. The van der Waals surface area contributed by atoms with Crippen molar-refractivity contribution in [2.24, 2.45) is 5.92 Å². The molecule has 0 unspecified atom stereocenters. The molecular weight excluding hydrogens is 567 g/mol. The SMILES string of the molecule is CCCC(=O)N1CCCN(Cc2ccccc2)CCN(C(=O)C2CN(Cc3ccc(Cl)cc3)C2)Cc2ccc(Cl)cc21. The van der Waals surface area contributed by atoms with Crippen molar-refractivity contribution in [3.8, 4) is 0 Å². The maximum absolute atomic E-state index is 14.0. The normalized spacial score (nSPS) is 17.3. The Morgan fingerprint density at radius 1 is 0.786 bits per heavy atom. The molecule has 5 rings (SSSR count). The molecule has 8 heteroatoms. The summed E-state index contributed by atoms with van der Waals surface area (Å²) >= 11 is 12.5. The maximum atomic E-state index is 14.0. The first-order valence-electron chi connectivity index (χ1n) is 15.0. The minimum atomic E-state index is -0.0430. The topological polar surface area (TPSA) is 47.1 Å². The van der Waals surface area contributed by atoms with Crippen LogP contribution in [-0.2, 0) is 29.2 Å². The van der Waals surface area contributed by atoms with Gasteiger partial charge in [0.05, 0.1) is 11.6 Å². The van der Waals surface area contributed by atoms with E-state index in [1.165, 1.54) is 11.1 Å². The molecule has 2 heterocycles. The van der Waals surface area contributed by atoms with Crippen LogP contribution >= 0.6 is 23.2 Å². The molecule has 1 fully saturated rings. The van der Waals surface area contributed by atoms with Gasteiger partial charge in [-0.1, -0.05) is 78.7 Å². The van der Waals surface area contributed by atoms with Crippen molar-refractivity contribution in [3.05, 3.63) is 99.5 Å². The largest absolute Gasteiger partial charge is 0.337 e. The summed E-state index contributed by atoms with van der Waals surface area (Å²) in [5, 5.41) is 1.33. The third-order valence-corrected chi connectivity index (χ3v) is 8.68. The Morgan fingerprint density at radius 2 is 1.48 bits per heavy atom. The van der Waals surface area contributed by atoms with E-state index in [-0.39, 0.29) is 17.7 Å².